The van der Waals surface area contributed by atoms with Crippen molar-refractivity contribution >= 4 is 15.7 Å². The number of ether oxygens (including phenoxy) is 1. The molecule has 0 aliphatic carbocycles. The summed E-state index contributed by atoms with van der Waals surface area (Å²) in [5, 5.41) is 8.76. The standard InChI is InChI=1S/C11H12FN3O3S/c12-9-2-1-3-10(14)11(9)19(16,17)15-4-5-18-8(6-13)7-15/h1-3,8H,4-5,7,14H2. The molecule has 2 rings (SSSR count). The van der Waals surface area contributed by atoms with E-state index in [-0.39, 0.29) is 25.4 Å². The van der Waals surface area contributed by atoms with Gasteiger partial charge in [0, 0.05) is 6.54 Å². The number of nitriles is 1. The molecular weight excluding hydrogens is 273 g/mol. The topological polar surface area (TPSA) is 96.4 Å². The third kappa shape index (κ3) is 2.53. The first-order chi connectivity index (χ1) is 8.96. The van der Waals surface area contributed by atoms with Gasteiger partial charge in [-0.2, -0.15) is 9.57 Å². The fraction of sp³-hybridized carbons (Fsp3) is 0.364. The van der Waals surface area contributed by atoms with Gasteiger partial charge in [-0.25, -0.2) is 12.8 Å². The second kappa shape index (κ2) is 5.13. The van der Waals surface area contributed by atoms with Crippen LogP contribution in [-0.4, -0.2) is 38.5 Å². The molecule has 102 valence electrons. The summed E-state index contributed by atoms with van der Waals surface area (Å²) in [5.74, 6) is -0.903. The predicted molar refractivity (Wildman–Crippen MR) is 64.9 cm³/mol. The molecule has 2 N–H and O–H groups in total. The van der Waals surface area contributed by atoms with Crippen molar-refractivity contribution in [2.45, 2.75) is 11.0 Å². The lowest BCUT2D eigenvalue weighted by Gasteiger charge is -2.29. The number of hydrogen-bond acceptors (Lipinski definition) is 5. The van der Waals surface area contributed by atoms with Crippen LogP contribution in [0.3, 0.4) is 0 Å². The maximum absolute atomic E-state index is 13.7. The molecule has 1 aliphatic rings. The fourth-order valence-electron chi connectivity index (χ4n) is 1.85. The van der Waals surface area contributed by atoms with Gasteiger partial charge in [-0.15, -0.1) is 0 Å². The Kier molecular flexibility index (Phi) is 3.71. The van der Waals surface area contributed by atoms with E-state index in [1.54, 1.807) is 0 Å². The Hall–Kier alpha value is -1.69. The van der Waals surface area contributed by atoms with Gasteiger partial charge in [0.05, 0.1) is 24.9 Å². The van der Waals surface area contributed by atoms with Crippen LogP contribution in [0.4, 0.5) is 10.1 Å². The van der Waals surface area contributed by atoms with Gasteiger partial charge < -0.3 is 10.5 Å². The Morgan fingerprint density at radius 3 is 2.89 bits per heavy atom. The average molecular weight is 285 g/mol. The van der Waals surface area contributed by atoms with Crippen molar-refractivity contribution in [1.82, 2.24) is 4.31 Å². The number of nitrogens with zero attached hydrogens (tertiary/aromatic N) is 2. The van der Waals surface area contributed by atoms with Crippen LogP contribution < -0.4 is 5.73 Å². The van der Waals surface area contributed by atoms with Crippen LogP contribution >= 0.6 is 0 Å². The zero-order valence-corrected chi connectivity index (χ0v) is 10.7. The SMILES string of the molecule is N#CC1CN(S(=O)(=O)c2c(N)cccc2F)CCO1. The number of anilines is 1. The fourth-order valence-corrected chi connectivity index (χ4v) is 3.43. The van der Waals surface area contributed by atoms with Crippen molar-refractivity contribution in [2.24, 2.45) is 0 Å². The van der Waals surface area contributed by atoms with Crippen LogP contribution in [0.5, 0.6) is 0 Å². The van der Waals surface area contributed by atoms with E-state index in [2.05, 4.69) is 0 Å². The molecule has 1 aromatic rings. The van der Waals surface area contributed by atoms with Crippen molar-refractivity contribution in [3.8, 4) is 6.07 Å². The molecule has 1 fully saturated rings. The quantitative estimate of drug-likeness (QED) is 0.789. The average Bonchev–Trinajstić information content (AvgIpc) is 2.38. The van der Waals surface area contributed by atoms with E-state index < -0.39 is 26.8 Å². The lowest BCUT2D eigenvalue weighted by molar-refractivity contribution is 0.0311. The van der Waals surface area contributed by atoms with E-state index in [1.807, 2.05) is 6.07 Å². The Morgan fingerprint density at radius 1 is 1.53 bits per heavy atom. The van der Waals surface area contributed by atoms with Crippen molar-refractivity contribution in [2.75, 3.05) is 25.4 Å². The molecule has 0 bridgehead atoms. The summed E-state index contributed by atoms with van der Waals surface area (Å²) >= 11 is 0. The third-order valence-electron chi connectivity index (χ3n) is 2.77. The highest BCUT2D eigenvalue weighted by Crippen LogP contribution is 2.26. The largest absolute Gasteiger partial charge is 0.398 e. The van der Waals surface area contributed by atoms with Gasteiger partial charge in [0.2, 0.25) is 10.0 Å². The minimum absolute atomic E-state index is 0.0638. The van der Waals surface area contributed by atoms with Gasteiger partial charge in [0.25, 0.3) is 0 Å². The maximum Gasteiger partial charge on any atom is 0.248 e. The van der Waals surface area contributed by atoms with Gasteiger partial charge in [-0.3, -0.25) is 0 Å². The molecule has 1 heterocycles. The number of halogens is 1. The van der Waals surface area contributed by atoms with E-state index in [0.29, 0.717) is 0 Å². The number of morpholine rings is 1. The molecule has 6 nitrogen and oxygen atoms in total. The Balaban J connectivity index is 2.40. The molecule has 0 radical (unpaired) electrons. The highest BCUT2D eigenvalue weighted by atomic mass is 32.2. The Labute approximate surface area is 110 Å². The Morgan fingerprint density at radius 2 is 2.26 bits per heavy atom. The van der Waals surface area contributed by atoms with Crippen LogP contribution in [0.25, 0.3) is 0 Å². The second-order valence-corrected chi connectivity index (χ2v) is 5.88. The lowest BCUT2D eigenvalue weighted by atomic mass is 10.3. The number of benzene rings is 1. The summed E-state index contributed by atoms with van der Waals surface area (Å²) in [4.78, 5) is -0.548. The first-order valence-corrected chi connectivity index (χ1v) is 6.96. The summed E-state index contributed by atoms with van der Waals surface area (Å²) in [6.07, 6.45) is -0.850. The molecule has 8 heteroatoms. The molecule has 19 heavy (non-hydrogen) atoms. The molecule has 0 amide bonds. The molecule has 0 spiro atoms. The predicted octanol–water partition coefficient (Wildman–Crippen LogP) is 0.321. The maximum atomic E-state index is 13.7. The van der Waals surface area contributed by atoms with Gasteiger partial charge in [-0.1, -0.05) is 6.07 Å². The van der Waals surface area contributed by atoms with E-state index >= 15 is 0 Å². The normalized spacial score (nSPS) is 20.9. The molecule has 1 aliphatic heterocycles. The first-order valence-electron chi connectivity index (χ1n) is 5.52. The molecule has 1 saturated heterocycles. The van der Waals surface area contributed by atoms with Crippen LogP contribution in [0.2, 0.25) is 0 Å². The molecular formula is C11H12FN3O3S. The van der Waals surface area contributed by atoms with Gasteiger partial charge in [-0.05, 0) is 12.1 Å². The molecule has 0 aromatic heterocycles. The van der Waals surface area contributed by atoms with Crippen molar-refractivity contribution < 1.29 is 17.5 Å². The minimum atomic E-state index is -4.06. The molecule has 1 unspecified atom stereocenters. The summed E-state index contributed by atoms with van der Waals surface area (Å²) in [5.41, 5.74) is 5.39. The number of nitrogen functional groups attached to an aromatic ring is 1. The second-order valence-electron chi connectivity index (χ2n) is 4.01. The number of nitrogens with two attached hydrogens (primary N) is 1. The summed E-state index contributed by atoms with van der Waals surface area (Å²) in [6, 6.07) is 5.52. The van der Waals surface area contributed by atoms with Crippen LogP contribution in [-0.2, 0) is 14.8 Å². The zero-order valence-electron chi connectivity index (χ0n) is 9.91. The van der Waals surface area contributed by atoms with Gasteiger partial charge >= 0.3 is 0 Å². The monoisotopic (exact) mass is 285 g/mol. The van der Waals surface area contributed by atoms with Crippen LogP contribution in [0.1, 0.15) is 0 Å². The lowest BCUT2D eigenvalue weighted by Crippen LogP contribution is -2.45. The van der Waals surface area contributed by atoms with Crippen molar-refractivity contribution in [3.63, 3.8) is 0 Å². The third-order valence-corrected chi connectivity index (χ3v) is 4.73. The molecule has 1 atom stereocenters. The number of rotatable bonds is 2. The molecule has 1 aromatic carbocycles. The smallest absolute Gasteiger partial charge is 0.248 e. The van der Waals surface area contributed by atoms with E-state index in [0.717, 1.165) is 10.4 Å². The van der Waals surface area contributed by atoms with E-state index in [4.69, 9.17) is 15.7 Å². The zero-order chi connectivity index (χ0) is 14.0. The van der Waals surface area contributed by atoms with E-state index in [9.17, 15) is 12.8 Å². The minimum Gasteiger partial charge on any atom is -0.398 e. The van der Waals surface area contributed by atoms with Crippen LogP contribution in [0, 0.1) is 17.1 Å². The van der Waals surface area contributed by atoms with E-state index in [1.165, 1.54) is 12.1 Å². The summed E-state index contributed by atoms with van der Waals surface area (Å²) < 4.78 is 44.4. The highest BCUT2D eigenvalue weighted by Gasteiger charge is 2.33. The van der Waals surface area contributed by atoms with Crippen molar-refractivity contribution in [1.29, 1.82) is 5.26 Å². The van der Waals surface area contributed by atoms with Gasteiger partial charge in [0.15, 0.2) is 6.10 Å². The van der Waals surface area contributed by atoms with Crippen LogP contribution in [0.15, 0.2) is 23.1 Å². The summed E-state index contributed by atoms with van der Waals surface area (Å²) in [6.45, 7) is 0.0205. The number of hydrogen-bond donors (Lipinski definition) is 1. The first kappa shape index (κ1) is 13.7. The highest BCUT2D eigenvalue weighted by molar-refractivity contribution is 7.89. The van der Waals surface area contributed by atoms with Gasteiger partial charge in [0.1, 0.15) is 10.7 Å². The van der Waals surface area contributed by atoms with Crippen molar-refractivity contribution in [3.05, 3.63) is 24.0 Å². The Bertz CT molecular complexity index is 606. The molecule has 0 saturated carbocycles. The number of sulfonamides is 1. The summed E-state index contributed by atoms with van der Waals surface area (Å²) in [7, 11) is -4.06.